The van der Waals surface area contributed by atoms with Crippen LogP contribution in [-0.4, -0.2) is 0 Å². The highest BCUT2D eigenvalue weighted by molar-refractivity contribution is 7.10. The molecule has 1 aromatic heterocycles. The van der Waals surface area contributed by atoms with E-state index in [-0.39, 0.29) is 5.56 Å². The molecule has 0 saturated heterocycles. The van der Waals surface area contributed by atoms with Crippen LogP contribution < -0.4 is 5.73 Å². The first-order chi connectivity index (χ1) is 8.56. The van der Waals surface area contributed by atoms with Crippen molar-refractivity contribution in [3.63, 3.8) is 0 Å². The number of benzene rings is 1. The smallest absolute Gasteiger partial charge is 0.164 e. The zero-order valence-electron chi connectivity index (χ0n) is 10.3. The summed E-state index contributed by atoms with van der Waals surface area (Å²) >= 11 is 1.48. The van der Waals surface area contributed by atoms with Gasteiger partial charge in [-0.05, 0) is 35.9 Å². The summed E-state index contributed by atoms with van der Waals surface area (Å²) in [5.41, 5.74) is 7.67. The molecule has 2 N–H and O–H groups in total. The first-order valence-electron chi connectivity index (χ1n) is 5.82. The molecule has 1 nitrogen and oxygen atoms in total. The van der Waals surface area contributed by atoms with Crippen molar-refractivity contribution in [3.8, 4) is 0 Å². The Morgan fingerprint density at radius 2 is 1.94 bits per heavy atom. The third-order valence-electron chi connectivity index (χ3n) is 3.08. The van der Waals surface area contributed by atoms with Crippen LogP contribution in [0.15, 0.2) is 23.6 Å². The van der Waals surface area contributed by atoms with Gasteiger partial charge in [-0.1, -0.05) is 19.1 Å². The second-order valence-electron chi connectivity index (χ2n) is 4.24. The minimum atomic E-state index is -0.835. The summed E-state index contributed by atoms with van der Waals surface area (Å²) in [5, 5.41) is 1.93. The van der Waals surface area contributed by atoms with Gasteiger partial charge >= 0.3 is 0 Å². The van der Waals surface area contributed by atoms with Crippen molar-refractivity contribution in [2.24, 2.45) is 5.73 Å². The fourth-order valence-electron chi connectivity index (χ4n) is 1.95. The average molecular weight is 267 g/mol. The Morgan fingerprint density at radius 1 is 1.22 bits per heavy atom. The van der Waals surface area contributed by atoms with E-state index in [4.69, 9.17) is 5.73 Å². The van der Waals surface area contributed by atoms with Crippen LogP contribution in [0, 0.1) is 18.6 Å². The van der Waals surface area contributed by atoms with Crippen LogP contribution in [0.5, 0.6) is 0 Å². The van der Waals surface area contributed by atoms with E-state index >= 15 is 0 Å². The zero-order valence-corrected chi connectivity index (χ0v) is 11.2. The molecule has 1 heterocycles. The van der Waals surface area contributed by atoms with Gasteiger partial charge in [0.05, 0.1) is 6.04 Å². The molecule has 1 atom stereocenters. The van der Waals surface area contributed by atoms with E-state index in [0.29, 0.717) is 5.56 Å². The molecule has 0 aliphatic heterocycles. The maximum Gasteiger partial charge on any atom is 0.164 e. The molecule has 1 aromatic carbocycles. The van der Waals surface area contributed by atoms with E-state index in [1.54, 1.807) is 12.1 Å². The Labute approximate surface area is 109 Å². The minimum absolute atomic E-state index is 0.218. The molecule has 0 amide bonds. The molecule has 0 spiro atoms. The molecule has 0 saturated carbocycles. The summed E-state index contributed by atoms with van der Waals surface area (Å²) in [7, 11) is 0. The molecule has 4 heteroatoms. The van der Waals surface area contributed by atoms with Crippen LogP contribution >= 0.6 is 11.3 Å². The predicted octanol–water partition coefficient (Wildman–Crippen LogP) is 3.95. The molecule has 0 aliphatic carbocycles. The third-order valence-corrected chi connectivity index (χ3v) is 4.13. The van der Waals surface area contributed by atoms with Gasteiger partial charge < -0.3 is 5.73 Å². The van der Waals surface area contributed by atoms with Crippen molar-refractivity contribution in [3.05, 3.63) is 56.8 Å². The molecular formula is C14H15F2NS. The first kappa shape index (κ1) is 13.2. The summed E-state index contributed by atoms with van der Waals surface area (Å²) in [5.74, 6) is -1.64. The van der Waals surface area contributed by atoms with Gasteiger partial charge in [-0.15, -0.1) is 11.3 Å². The lowest BCUT2D eigenvalue weighted by Crippen LogP contribution is -2.15. The van der Waals surface area contributed by atoms with E-state index in [1.165, 1.54) is 18.3 Å². The Morgan fingerprint density at radius 3 is 2.61 bits per heavy atom. The van der Waals surface area contributed by atoms with Gasteiger partial charge in [0.1, 0.15) is 0 Å². The van der Waals surface area contributed by atoms with Crippen molar-refractivity contribution in [2.75, 3.05) is 0 Å². The topological polar surface area (TPSA) is 26.0 Å². The van der Waals surface area contributed by atoms with Crippen LogP contribution in [0.25, 0.3) is 0 Å². The first-order valence-corrected chi connectivity index (χ1v) is 6.70. The molecule has 96 valence electrons. The monoisotopic (exact) mass is 267 g/mol. The minimum Gasteiger partial charge on any atom is -0.320 e. The van der Waals surface area contributed by atoms with Gasteiger partial charge in [0.2, 0.25) is 0 Å². The number of rotatable bonds is 3. The number of halogens is 2. The van der Waals surface area contributed by atoms with Crippen LogP contribution in [0.2, 0.25) is 0 Å². The molecule has 0 radical (unpaired) electrons. The lowest BCUT2D eigenvalue weighted by Gasteiger charge is -2.14. The van der Waals surface area contributed by atoms with E-state index in [1.807, 2.05) is 18.4 Å². The fraction of sp³-hybridized carbons (Fsp3) is 0.286. The van der Waals surface area contributed by atoms with Crippen LogP contribution in [0.4, 0.5) is 8.78 Å². The third kappa shape index (κ3) is 2.18. The summed E-state index contributed by atoms with van der Waals surface area (Å²) in [6, 6.07) is 4.50. The highest BCUT2D eigenvalue weighted by Gasteiger charge is 2.20. The van der Waals surface area contributed by atoms with Gasteiger partial charge in [0.25, 0.3) is 0 Å². The Balaban J connectivity index is 2.46. The number of thiophene rings is 1. The Hall–Kier alpha value is -1.26. The summed E-state index contributed by atoms with van der Waals surface area (Å²) in [6.07, 6.45) is 0.836. The van der Waals surface area contributed by atoms with Gasteiger partial charge in [-0.3, -0.25) is 0 Å². The summed E-state index contributed by atoms with van der Waals surface area (Å²) in [4.78, 5) is 0.902. The van der Waals surface area contributed by atoms with Crippen molar-refractivity contribution in [1.29, 1.82) is 0 Å². The lowest BCUT2D eigenvalue weighted by atomic mass is 10.0. The van der Waals surface area contributed by atoms with E-state index < -0.39 is 17.7 Å². The zero-order chi connectivity index (χ0) is 13.3. The van der Waals surface area contributed by atoms with Crippen molar-refractivity contribution in [1.82, 2.24) is 0 Å². The summed E-state index contributed by atoms with van der Waals surface area (Å²) in [6.45, 7) is 3.56. The highest BCUT2D eigenvalue weighted by Crippen LogP contribution is 2.31. The Bertz CT molecular complexity index is 563. The molecule has 2 aromatic rings. The van der Waals surface area contributed by atoms with E-state index in [2.05, 4.69) is 0 Å². The second kappa shape index (κ2) is 5.16. The number of hydrogen-bond donors (Lipinski definition) is 1. The number of nitrogens with two attached hydrogens (primary N) is 1. The molecule has 0 fully saturated rings. The van der Waals surface area contributed by atoms with Crippen molar-refractivity contribution in [2.45, 2.75) is 26.3 Å². The highest BCUT2D eigenvalue weighted by atomic mass is 32.1. The molecular weight excluding hydrogens is 252 g/mol. The fourth-order valence-corrected chi connectivity index (χ4v) is 2.97. The van der Waals surface area contributed by atoms with Crippen molar-refractivity contribution >= 4 is 11.3 Å². The van der Waals surface area contributed by atoms with Crippen molar-refractivity contribution < 1.29 is 8.78 Å². The number of hydrogen-bond acceptors (Lipinski definition) is 2. The maximum absolute atomic E-state index is 13.9. The van der Waals surface area contributed by atoms with Crippen LogP contribution in [-0.2, 0) is 6.42 Å². The Kier molecular flexibility index (Phi) is 3.78. The largest absolute Gasteiger partial charge is 0.320 e. The summed E-state index contributed by atoms with van der Waals surface area (Å²) < 4.78 is 27.4. The second-order valence-corrected chi connectivity index (χ2v) is 5.19. The van der Waals surface area contributed by atoms with E-state index in [9.17, 15) is 8.78 Å². The molecule has 2 rings (SSSR count). The van der Waals surface area contributed by atoms with Crippen LogP contribution in [0.1, 0.15) is 34.5 Å². The van der Waals surface area contributed by atoms with Gasteiger partial charge in [-0.25, -0.2) is 8.78 Å². The quantitative estimate of drug-likeness (QED) is 0.895. The SMILES string of the molecule is CCc1ccsc1C(N)c1ccc(C)c(F)c1F. The van der Waals surface area contributed by atoms with Gasteiger partial charge in [0, 0.05) is 10.4 Å². The van der Waals surface area contributed by atoms with Crippen LogP contribution in [0.3, 0.4) is 0 Å². The standard InChI is InChI=1S/C14H15F2NS/c1-3-9-6-7-18-14(9)13(17)10-5-4-8(2)11(15)12(10)16/h4-7,13H,3,17H2,1-2H3. The molecule has 1 unspecified atom stereocenters. The average Bonchev–Trinajstić information content (AvgIpc) is 2.83. The lowest BCUT2D eigenvalue weighted by molar-refractivity contribution is 0.489. The normalized spacial score (nSPS) is 12.7. The van der Waals surface area contributed by atoms with Gasteiger partial charge in [-0.2, -0.15) is 0 Å². The molecule has 18 heavy (non-hydrogen) atoms. The van der Waals surface area contributed by atoms with E-state index in [0.717, 1.165) is 16.9 Å². The van der Waals surface area contributed by atoms with Gasteiger partial charge in [0.15, 0.2) is 11.6 Å². The predicted molar refractivity (Wildman–Crippen MR) is 70.8 cm³/mol. The molecule has 0 aliphatic rings. The maximum atomic E-state index is 13.9. The molecule has 0 bridgehead atoms. The number of aryl methyl sites for hydroxylation is 2.